The molecule has 7 nitrogen and oxygen atoms in total. The zero-order chi connectivity index (χ0) is 17.7. The molecule has 0 spiro atoms. The van der Waals surface area contributed by atoms with Gasteiger partial charge in [0.25, 0.3) is 0 Å². The zero-order valence-corrected chi connectivity index (χ0v) is 14.1. The van der Waals surface area contributed by atoms with Gasteiger partial charge in [-0.25, -0.2) is 0 Å². The molecule has 2 aromatic rings. The number of hydrogen-bond donors (Lipinski definition) is 3. The second kappa shape index (κ2) is 11.7. The Bertz CT molecular complexity index is 565. The Balaban J connectivity index is 0.000000380. The maximum Gasteiger partial charge on any atom is 0.325 e. The van der Waals surface area contributed by atoms with Gasteiger partial charge in [0.2, 0.25) is 0 Å². The summed E-state index contributed by atoms with van der Waals surface area (Å²) in [5.41, 5.74) is 5.56. The molecule has 1 heterocycles. The summed E-state index contributed by atoms with van der Waals surface area (Å²) in [6.45, 7) is 1.32. The van der Waals surface area contributed by atoms with Crippen LogP contribution < -0.4 is 5.73 Å². The van der Waals surface area contributed by atoms with Crippen molar-refractivity contribution >= 4 is 24.5 Å². The van der Waals surface area contributed by atoms with E-state index in [0.29, 0.717) is 0 Å². The highest BCUT2D eigenvalue weighted by molar-refractivity contribution is 7.51. The van der Waals surface area contributed by atoms with Gasteiger partial charge in [-0.05, 0) is 25.6 Å². The fraction of sp³-hybridized carbons (Fsp3) is 0.333. The van der Waals surface area contributed by atoms with Gasteiger partial charge in [0.15, 0.2) is 0 Å². The molecule has 0 radical (unpaired) electrons. The van der Waals surface area contributed by atoms with Crippen LogP contribution in [0.3, 0.4) is 0 Å². The lowest BCUT2D eigenvalue weighted by Gasteiger charge is -2.02. The molecular weight excluding hydrogens is 319 g/mol. The predicted octanol–water partition coefficient (Wildman–Crippen LogP) is 1.93. The van der Waals surface area contributed by atoms with Crippen molar-refractivity contribution in [3.8, 4) is 0 Å². The minimum Gasteiger partial charge on any atom is -0.466 e. The SMILES string of the molecule is CC(=O)OCCCP(=O)(O)O.CN.c1ccc2ncccc2c1. The van der Waals surface area contributed by atoms with E-state index in [4.69, 9.17) is 9.79 Å². The highest BCUT2D eigenvalue weighted by Gasteiger charge is 2.11. The van der Waals surface area contributed by atoms with Crippen LogP contribution in [0.4, 0.5) is 0 Å². The van der Waals surface area contributed by atoms with Crippen molar-refractivity contribution in [2.24, 2.45) is 5.73 Å². The zero-order valence-electron chi connectivity index (χ0n) is 13.3. The van der Waals surface area contributed by atoms with E-state index in [0.717, 1.165) is 5.52 Å². The molecular formula is C15H23N2O5P. The summed E-state index contributed by atoms with van der Waals surface area (Å²) in [7, 11) is -2.42. The van der Waals surface area contributed by atoms with Gasteiger partial charge in [0, 0.05) is 18.5 Å². The first-order valence-corrected chi connectivity index (χ1v) is 8.74. The van der Waals surface area contributed by atoms with Crippen molar-refractivity contribution in [2.75, 3.05) is 19.8 Å². The van der Waals surface area contributed by atoms with Crippen LogP contribution in [-0.2, 0) is 14.1 Å². The molecule has 0 atom stereocenters. The molecule has 8 heteroatoms. The third kappa shape index (κ3) is 11.4. The van der Waals surface area contributed by atoms with Gasteiger partial charge in [0.1, 0.15) is 0 Å². The van der Waals surface area contributed by atoms with Crippen LogP contribution in [0, 0.1) is 0 Å². The van der Waals surface area contributed by atoms with Crippen LogP contribution in [0.25, 0.3) is 10.9 Å². The van der Waals surface area contributed by atoms with Crippen LogP contribution in [-0.4, -0.2) is 40.6 Å². The Labute approximate surface area is 135 Å². The Hall–Kier alpha value is -1.79. The number of para-hydroxylation sites is 1. The lowest BCUT2D eigenvalue weighted by Crippen LogP contribution is -2.02. The van der Waals surface area contributed by atoms with Gasteiger partial charge in [-0.3, -0.25) is 14.3 Å². The largest absolute Gasteiger partial charge is 0.466 e. The molecule has 0 bridgehead atoms. The lowest BCUT2D eigenvalue weighted by molar-refractivity contribution is -0.140. The van der Waals surface area contributed by atoms with Crippen molar-refractivity contribution < 1.29 is 23.9 Å². The normalized spacial score (nSPS) is 9.96. The van der Waals surface area contributed by atoms with Crippen LogP contribution in [0.5, 0.6) is 0 Å². The monoisotopic (exact) mass is 342 g/mol. The van der Waals surface area contributed by atoms with Crippen LogP contribution in [0.15, 0.2) is 42.6 Å². The van der Waals surface area contributed by atoms with Gasteiger partial charge in [0.05, 0.1) is 18.3 Å². The number of ether oxygens (including phenoxy) is 1. The molecule has 0 aliphatic heterocycles. The van der Waals surface area contributed by atoms with Crippen LogP contribution in [0.2, 0.25) is 0 Å². The molecule has 128 valence electrons. The number of hydrogen-bond acceptors (Lipinski definition) is 5. The van der Waals surface area contributed by atoms with Crippen LogP contribution in [0.1, 0.15) is 13.3 Å². The molecule has 1 aromatic carbocycles. The molecule has 0 aliphatic rings. The van der Waals surface area contributed by atoms with Gasteiger partial charge in [-0.1, -0.05) is 24.3 Å². The Kier molecular flexibility index (Phi) is 10.8. The summed E-state index contributed by atoms with van der Waals surface area (Å²) in [6.07, 6.45) is 1.77. The van der Waals surface area contributed by atoms with Gasteiger partial charge in [-0.2, -0.15) is 0 Å². The molecule has 0 aliphatic carbocycles. The molecule has 1 aromatic heterocycles. The van der Waals surface area contributed by atoms with Crippen molar-refractivity contribution in [1.82, 2.24) is 4.98 Å². The maximum atomic E-state index is 10.2. The molecule has 0 saturated carbocycles. The Morgan fingerprint density at radius 1 is 1.22 bits per heavy atom. The number of nitrogens with two attached hydrogens (primary N) is 1. The molecule has 4 N–H and O–H groups in total. The highest BCUT2D eigenvalue weighted by atomic mass is 31.2. The van der Waals surface area contributed by atoms with Crippen LogP contribution >= 0.6 is 7.60 Å². The Morgan fingerprint density at radius 3 is 2.39 bits per heavy atom. The predicted molar refractivity (Wildman–Crippen MR) is 90.0 cm³/mol. The fourth-order valence-corrected chi connectivity index (χ4v) is 2.04. The standard InChI is InChI=1S/C9H7N.C5H11O5P.CH5N/c1-2-6-9-8(4-1)5-3-7-10-9;1-5(6)10-3-2-4-11(7,8)9;1-2/h1-7H;2-4H2,1H3,(H2,7,8,9);2H2,1H3. The Morgan fingerprint density at radius 2 is 1.83 bits per heavy atom. The smallest absolute Gasteiger partial charge is 0.325 e. The van der Waals surface area contributed by atoms with Gasteiger partial charge < -0.3 is 20.3 Å². The third-order valence-electron chi connectivity index (χ3n) is 2.41. The lowest BCUT2D eigenvalue weighted by atomic mass is 10.2. The maximum absolute atomic E-state index is 10.2. The number of nitrogens with zero attached hydrogens (tertiary/aromatic N) is 1. The summed E-state index contributed by atoms with van der Waals surface area (Å²) < 4.78 is 14.7. The van der Waals surface area contributed by atoms with Crippen molar-refractivity contribution in [3.63, 3.8) is 0 Å². The number of rotatable bonds is 4. The molecule has 0 fully saturated rings. The molecule has 0 saturated heterocycles. The number of aromatic nitrogens is 1. The van der Waals surface area contributed by atoms with E-state index in [1.807, 2.05) is 30.5 Å². The van der Waals surface area contributed by atoms with E-state index >= 15 is 0 Å². The minimum absolute atomic E-state index is 0.0699. The molecule has 2 rings (SSSR count). The van der Waals surface area contributed by atoms with Crippen molar-refractivity contribution in [3.05, 3.63) is 42.6 Å². The molecule has 0 amide bonds. The molecule has 0 unspecified atom stereocenters. The van der Waals surface area contributed by atoms with E-state index in [9.17, 15) is 9.36 Å². The second-order valence-electron chi connectivity index (χ2n) is 4.28. The summed E-state index contributed by atoms with van der Waals surface area (Å²) in [4.78, 5) is 31.0. The summed E-state index contributed by atoms with van der Waals surface area (Å²) in [6, 6.07) is 12.1. The number of esters is 1. The van der Waals surface area contributed by atoms with E-state index in [1.54, 1.807) is 0 Å². The summed E-state index contributed by atoms with van der Waals surface area (Å²) in [5, 5.41) is 1.20. The van der Waals surface area contributed by atoms with Gasteiger partial charge >= 0.3 is 13.6 Å². The topological polar surface area (TPSA) is 123 Å². The first-order chi connectivity index (χ1) is 10.9. The van der Waals surface area contributed by atoms with Gasteiger partial charge in [-0.15, -0.1) is 0 Å². The highest BCUT2D eigenvalue weighted by Crippen LogP contribution is 2.34. The number of carbonyl (C=O) groups is 1. The first-order valence-electron chi connectivity index (χ1n) is 6.94. The quantitative estimate of drug-likeness (QED) is 0.441. The average Bonchev–Trinajstić information content (AvgIpc) is 2.53. The average molecular weight is 342 g/mol. The summed E-state index contributed by atoms with van der Waals surface area (Å²) in [5.74, 6) is -0.435. The number of carbonyl (C=O) groups excluding carboxylic acids is 1. The van der Waals surface area contributed by atoms with E-state index in [2.05, 4.69) is 27.6 Å². The van der Waals surface area contributed by atoms with Crippen molar-refractivity contribution in [1.29, 1.82) is 0 Å². The van der Waals surface area contributed by atoms with E-state index < -0.39 is 13.6 Å². The van der Waals surface area contributed by atoms with E-state index in [-0.39, 0.29) is 19.2 Å². The first kappa shape index (κ1) is 21.2. The number of benzene rings is 1. The second-order valence-corrected chi connectivity index (χ2v) is 6.05. The minimum atomic E-state index is -3.92. The van der Waals surface area contributed by atoms with Crippen molar-refractivity contribution in [2.45, 2.75) is 13.3 Å². The number of pyridine rings is 1. The van der Waals surface area contributed by atoms with E-state index in [1.165, 1.54) is 19.4 Å². The number of fused-ring (bicyclic) bond motifs is 1. The third-order valence-corrected chi connectivity index (χ3v) is 3.31. The molecule has 23 heavy (non-hydrogen) atoms. The summed E-state index contributed by atoms with van der Waals surface area (Å²) >= 11 is 0. The fourth-order valence-electron chi connectivity index (χ4n) is 1.50.